The van der Waals surface area contributed by atoms with E-state index in [1.54, 1.807) is 43.0 Å². The van der Waals surface area contributed by atoms with Crippen molar-refractivity contribution in [1.29, 1.82) is 5.26 Å². The molecule has 0 saturated heterocycles. The number of benzene rings is 1. The highest BCUT2D eigenvalue weighted by Crippen LogP contribution is 2.42. The van der Waals surface area contributed by atoms with Crippen molar-refractivity contribution < 1.29 is 13.3 Å². The summed E-state index contributed by atoms with van der Waals surface area (Å²) in [5, 5.41) is 11.0. The molecule has 1 aromatic carbocycles. The van der Waals surface area contributed by atoms with Gasteiger partial charge >= 0.3 is 0 Å². The van der Waals surface area contributed by atoms with E-state index >= 15 is 0 Å². The molecule has 30 heavy (non-hydrogen) atoms. The molecule has 6 heteroatoms. The normalized spacial score (nSPS) is 11.5. The van der Waals surface area contributed by atoms with Gasteiger partial charge in [0, 0.05) is 35.4 Å². The van der Waals surface area contributed by atoms with Gasteiger partial charge in [0.25, 0.3) is 0 Å². The van der Waals surface area contributed by atoms with E-state index in [9.17, 15) is 5.26 Å². The van der Waals surface area contributed by atoms with Crippen LogP contribution in [-0.4, -0.2) is 10.8 Å². The van der Waals surface area contributed by atoms with Crippen molar-refractivity contribution in [3.8, 4) is 28.9 Å². The van der Waals surface area contributed by atoms with Gasteiger partial charge in [0.1, 0.15) is 17.4 Å². The summed E-state index contributed by atoms with van der Waals surface area (Å²) in [5.41, 5.74) is 3.99. The number of aromatic nitrogens is 1. The molecule has 4 aromatic heterocycles. The number of hydrogen-bond acceptors (Lipinski definition) is 5. The largest absolute Gasteiger partial charge is 0.464 e. The molecule has 5 rings (SSSR count). The van der Waals surface area contributed by atoms with Crippen molar-refractivity contribution >= 4 is 23.0 Å². The maximum absolute atomic E-state index is 9.88. The molecular weight excluding hydrogens is 378 g/mol. The Labute approximate surface area is 172 Å². The average Bonchev–Trinajstić information content (AvgIpc) is 3.55. The van der Waals surface area contributed by atoms with Crippen molar-refractivity contribution in [2.75, 3.05) is 0 Å². The van der Waals surface area contributed by atoms with Crippen LogP contribution in [0.4, 0.5) is 5.88 Å². The second-order valence-electron chi connectivity index (χ2n) is 6.89. The molecule has 0 atom stereocenters. The van der Waals surface area contributed by atoms with Gasteiger partial charge < -0.3 is 17.8 Å². The minimum Gasteiger partial charge on any atom is -0.464 e. The average molecular weight is 395 g/mol. The molecule has 0 radical (unpaired) electrons. The number of furan rings is 3. The predicted octanol–water partition coefficient (Wildman–Crippen LogP) is 6.22. The lowest BCUT2D eigenvalue weighted by Crippen LogP contribution is -1.91. The molecule has 5 aromatic rings. The number of fused-ring (bicyclic) bond motifs is 1. The number of aryl methyl sites for hydroxylation is 1. The van der Waals surface area contributed by atoms with Gasteiger partial charge in [0.15, 0.2) is 11.5 Å². The number of rotatable bonds is 4. The van der Waals surface area contributed by atoms with Crippen LogP contribution in [0.25, 0.3) is 33.7 Å². The molecule has 0 aliphatic heterocycles. The molecule has 146 valence electrons. The van der Waals surface area contributed by atoms with Crippen LogP contribution in [0, 0.1) is 18.3 Å². The Hall–Kier alpha value is -4.24. The summed E-state index contributed by atoms with van der Waals surface area (Å²) >= 11 is 0. The third-order valence-corrected chi connectivity index (χ3v) is 5.27. The number of nitriles is 1. The Bertz CT molecular complexity index is 1410. The zero-order chi connectivity index (χ0) is 20.7. The number of hydrogen-bond donors (Lipinski definition) is 0. The minimum absolute atomic E-state index is 0.211. The lowest BCUT2D eigenvalue weighted by Gasteiger charge is -1.97. The van der Waals surface area contributed by atoms with E-state index in [0.29, 0.717) is 28.4 Å². The Balaban J connectivity index is 1.69. The Morgan fingerprint density at radius 1 is 1.00 bits per heavy atom. The molecule has 0 saturated carbocycles. The first kappa shape index (κ1) is 17.8. The predicted molar refractivity (Wildman–Crippen MR) is 114 cm³/mol. The zero-order valence-corrected chi connectivity index (χ0v) is 16.4. The molecule has 0 aliphatic rings. The van der Waals surface area contributed by atoms with Gasteiger partial charge in [-0.1, -0.05) is 18.2 Å². The summed E-state index contributed by atoms with van der Waals surface area (Å²) in [6.45, 7) is 2.04. The van der Waals surface area contributed by atoms with Gasteiger partial charge in [-0.25, -0.2) is 4.99 Å². The molecule has 0 amide bonds. The number of aliphatic imine (C=N–C) groups is 1. The van der Waals surface area contributed by atoms with Crippen molar-refractivity contribution in [3.05, 3.63) is 77.9 Å². The van der Waals surface area contributed by atoms with E-state index < -0.39 is 0 Å². The Kier molecular flexibility index (Phi) is 4.15. The summed E-state index contributed by atoms with van der Waals surface area (Å²) in [4.78, 5) is 4.56. The van der Waals surface area contributed by atoms with Crippen LogP contribution >= 0.6 is 0 Å². The highest BCUT2D eigenvalue weighted by molar-refractivity contribution is 6.02. The van der Waals surface area contributed by atoms with Gasteiger partial charge in [-0.2, -0.15) is 5.26 Å². The van der Waals surface area contributed by atoms with Crippen LogP contribution in [0.2, 0.25) is 0 Å². The Morgan fingerprint density at radius 2 is 1.73 bits per heavy atom. The second-order valence-corrected chi connectivity index (χ2v) is 6.89. The van der Waals surface area contributed by atoms with Crippen LogP contribution in [0.3, 0.4) is 0 Å². The topological polar surface area (TPSA) is 80.5 Å². The lowest BCUT2D eigenvalue weighted by atomic mass is 10.1. The van der Waals surface area contributed by atoms with Crippen LogP contribution in [0.15, 0.2) is 79.3 Å². The fourth-order valence-electron chi connectivity index (χ4n) is 3.69. The third-order valence-electron chi connectivity index (χ3n) is 5.27. The summed E-state index contributed by atoms with van der Waals surface area (Å²) in [7, 11) is 2.02. The number of para-hydroxylation sites is 1. The highest BCUT2D eigenvalue weighted by Gasteiger charge is 2.26. The van der Waals surface area contributed by atoms with E-state index in [4.69, 9.17) is 13.3 Å². The molecular formula is C24H17N3O3. The minimum atomic E-state index is 0.211. The molecule has 0 N–H and O–H groups in total. The van der Waals surface area contributed by atoms with Crippen molar-refractivity contribution in [3.63, 3.8) is 0 Å². The SMILES string of the molecule is Cc1c(C=Nc2oc(-c3ccco3)c(-c3ccco3)c2C#N)c2ccccc2n1C. The second kappa shape index (κ2) is 6.98. The molecule has 0 bridgehead atoms. The molecule has 0 spiro atoms. The van der Waals surface area contributed by atoms with Gasteiger partial charge in [0.05, 0.1) is 18.1 Å². The fourth-order valence-corrected chi connectivity index (χ4v) is 3.69. The van der Waals surface area contributed by atoms with Crippen molar-refractivity contribution in [1.82, 2.24) is 4.57 Å². The van der Waals surface area contributed by atoms with Gasteiger partial charge in [-0.3, -0.25) is 0 Å². The summed E-state index contributed by atoms with van der Waals surface area (Å²) in [6, 6.07) is 17.4. The first-order valence-corrected chi connectivity index (χ1v) is 9.41. The van der Waals surface area contributed by atoms with Crippen molar-refractivity contribution in [2.45, 2.75) is 6.92 Å². The molecule has 0 unspecified atom stereocenters. The van der Waals surface area contributed by atoms with Crippen LogP contribution < -0.4 is 0 Å². The first-order valence-electron chi connectivity index (χ1n) is 9.41. The van der Waals surface area contributed by atoms with Crippen LogP contribution in [-0.2, 0) is 7.05 Å². The van der Waals surface area contributed by atoms with Crippen molar-refractivity contribution in [2.24, 2.45) is 12.0 Å². The molecule has 4 heterocycles. The maximum Gasteiger partial charge on any atom is 0.238 e. The van der Waals surface area contributed by atoms with E-state index in [2.05, 4.69) is 27.8 Å². The first-order chi connectivity index (χ1) is 14.7. The van der Waals surface area contributed by atoms with Gasteiger partial charge in [0.2, 0.25) is 5.88 Å². The zero-order valence-electron chi connectivity index (χ0n) is 16.4. The number of nitrogens with zero attached hydrogens (tertiary/aromatic N) is 3. The summed E-state index contributed by atoms with van der Waals surface area (Å²) < 4.78 is 19.2. The standard InChI is InChI=1S/C24H17N3O3/c1-15-18(16-7-3-4-8-19(16)27(15)2)14-26-24-17(13-25)22(20-9-5-11-28-20)23(30-24)21-10-6-12-29-21/h3-12,14H,1-2H3. The fraction of sp³-hybridized carbons (Fsp3) is 0.0833. The molecule has 6 nitrogen and oxygen atoms in total. The van der Waals surface area contributed by atoms with Gasteiger partial charge in [-0.05, 0) is 37.3 Å². The van der Waals surface area contributed by atoms with Crippen LogP contribution in [0.5, 0.6) is 0 Å². The van der Waals surface area contributed by atoms with E-state index in [0.717, 1.165) is 22.2 Å². The molecule has 0 fully saturated rings. The van der Waals surface area contributed by atoms with E-state index in [1.165, 1.54) is 0 Å². The van der Waals surface area contributed by atoms with E-state index in [1.807, 2.05) is 26.1 Å². The third kappa shape index (κ3) is 2.68. The highest BCUT2D eigenvalue weighted by atomic mass is 16.4. The summed E-state index contributed by atoms with van der Waals surface area (Å²) in [6.07, 6.45) is 4.85. The molecule has 0 aliphatic carbocycles. The monoisotopic (exact) mass is 395 g/mol. The maximum atomic E-state index is 9.88. The summed E-state index contributed by atoms with van der Waals surface area (Å²) in [5.74, 6) is 1.64. The van der Waals surface area contributed by atoms with E-state index in [-0.39, 0.29) is 5.88 Å². The van der Waals surface area contributed by atoms with Crippen LogP contribution in [0.1, 0.15) is 16.8 Å². The lowest BCUT2D eigenvalue weighted by molar-refractivity contribution is 0.527. The Morgan fingerprint density at radius 3 is 2.43 bits per heavy atom. The van der Waals surface area contributed by atoms with Gasteiger partial charge in [-0.15, -0.1) is 0 Å². The smallest absolute Gasteiger partial charge is 0.238 e. The quantitative estimate of drug-likeness (QED) is 0.338.